The van der Waals surface area contributed by atoms with Crippen LogP contribution in [-0.2, 0) is 4.79 Å². The van der Waals surface area contributed by atoms with E-state index in [9.17, 15) is 14.3 Å². The predicted octanol–water partition coefficient (Wildman–Crippen LogP) is 0.952. The van der Waals surface area contributed by atoms with Crippen LogP contribution in [0, 0.1) is 5.82 Å². The van der Waals surface area contributed by atoms with E-state index in [0.717, 1.165) is 6.07 Å². The summed E-state index contributed by atoms with van der Waals surface area (Å²) in [4.78, 5) is 10.5. The number of hydrogen-bond donors (Lipinski definition) is 2. The maximum atomic E-state index is 13.0. The maximum absolute atomic E-state index is 13.0. The lowest BCUT2D eigenvalue weighted by Crippen LogP contribution is -2.12. The Morgan fingerprint density at radius 1 is 1.57 bits per heavy atom. The molecule has 76 valence electrons. The van der Waals surface area contributed by atoms with Crippen molar-refractivity contribution in [2.75, 3.05) is 7.11 Å². The lowest BCUT2D eigenvalue weighted by molar-refractivity contribution is -0.147. The van der Waals surface area contributed by atoms with Gasteiger partial charge in [-0.25, -0.2) is 9.18 Å². The van der Waals surface area contributed by atoms with E-state index in [1.807, 2.05) is 0 Å². The van der Waals surface area contributed by atoms with Gasteiger partial charge in [0, 0.05) is 5.56 Å². The van der Waals surface area contributed by atoms with Crippen molar-refractivity contribution in [3.8, 4) is 5.75 Å². The molecule has 0 aromatic heterocycles. The minimum atomic E-state index is -1.78. The van der Waals surface area contributed by atoms with Gasteiger partial charge in [0.15, 0.2) is 17.7 Å². The van der Waals surface area contributed by atoms with E-state index in [2.05, 4.69) is 4.74 Å². The molecule has 1 unspecified atom stereocenters. The molecule has 0 heterocycles. The van der Waals surface area contributed by atoms with Crippen LogP contribution in [0.3, 0.4) is 0 Å². The van der Waals surface area contributed by atoms with Crippen molar-refractivity contribution >= 4 is 5.97 Å². The van der Waals surface area contributed by atoms with Gasteiger partial charge >= 0.3 is 5.97 Å². The zero-order chi connectivity index (χ0) is 10.7. The summed E-state index contributed by atoms with van der Waals surface area (Å²) in [5.41, 5.74) is -0.0972. The van der Waals surface area contributed by atoms with Gasteiger partial charge in [-0.15, -0.1) is 0 Å². The van der Waals surface area contributed by atoms with Crippen molar-refractivity contribution < 1.29 is 24.1 Å². The first-order valence-electron chi connectivity index (χ1n) is 3.81. The molecule has 0 saturated heterocycles. The highest BCUT2D eigenvalue weighted by Gasteiger charge is 2.22. The standard InChI is InChI=1S/C9H9FO4/c1-14-8-5(7(11)9(12)13)3-2-4-6(8)10/h2-4,7,11H,1H3,(H,12,13). The summed E-state index contributed by atoms with van der Waals surface area (Å²) in [6.07, 6.45) is -1.78. The van der Waals surface area contributed by atoms with Gasteiger partial charge < -0.3 is 14.9 Å². The van der Waals surface area contributed by atoms with Crippen LogP contribution in [0.4, 0.5) is 4.39 Å². The van der Waals surface area contributed by atoms with Gasteiger partial charge in [-0.1, -0.05) is 12.1 Å². The molecule has 0 aliphatic heterocycles. The first-order chi connectivity index (χ1) is 6.57. The van der Waals surface area contributed by atoms with Crippen LogP contribution in [0.15, 0.2) is 18.2 Å². The molecule has 1 rings (SSSR count). The van der Waals surface area contributed by atoms with Crippen molar-refractivity contribution in [1.82, 2.24) is 0 Å². The van der Waals surface area contributed by atoms with Crippen molar-refractivity contribution in [1.29, 1.82) is 0 Å². The zero-order valence-electron chi connectivity index (χ0n) is 7.40. The molecule has 0 radical (unpaired) electrons. The Balaban J connectivity index is 3.20. The highest BCUT2D eigenvalue weighted by atomic mass is 19.1. The summed E-state index contributed by atoms with van der Waals surface area (Å²) < 4.78 is 17.7. The van der Waals surface area contributed by atoms with Gasteiger partial charge in [0.05, 0.1) is 7.11 Å². The smallest absolute Gasteiger partial charge is 0.337 e. The van der Waals surface area contributed by atoms with E-state index in [1.54, 1.807) is 0 Å². The Kier molecular flexibility index (Phi) is 3.03. The molecule has 1 aromatic carbocycles. The Labute approximate surface area is 79.6 Å². The Hall–Kier alpha value is -1.62. The molecule has 1 aromatic rings. The summed E-state index contributed by atoms with van der Waals surface area (Å²) in [6.45, 7) is 0. The van der Waals surface area contributed by atoms with Crippen LogP contribution in [-0.4, -0.2) is 23.3 Å². The summed E-state index contributed by atoms with van der Waals surface area (Å²) in [7, 11) is 1.20. The van der Waals surface area contributed by atoms with Crippen molar-refractivity contribution in [2.45, 2.75) is 6.10 Å². The normalized spacial score (nSPS) is 12.2. The summed E-state index contributed by atoms with van der Waals surface area (Å²) in [5, 5.41) is 17.7. The van der Waals surface area contributed by atoms with Crippen LogP contribution < -0.4 is 4.74 Å². The minimum absolute atomic E-state index is 0.0972. The highest BCUT2D eigenvalue weighted by Crippen LogP contribution is 2.27. The molecule has 14 heavy (non-hydrogen) atoms. The third-order valence-corrected chi connectivity index (χ3v) is 1.73. The fourth-order valence-electron chi connectivity index (χ4n) is 1.09. The summed E-state index contributed by atoms with van der Waals surface area (Å²) in [6, 6.07) is 3.72. The largest absolute Gasteiger partial charge is 0.493 e. The van der Waals surface area contributed by atoms with Gasteiger partial charge in [0.2, 0.25) is 0 Å². The fourth-order valence-corrected chi connectivity index (χ4v) is 1.09. The topological polar surface area (TPSA) is 66.8 Å². The monoisotopic (exact) mass is 200 g/mol. The van der Waals surface area contributed by atoms with Gasteiger partial charge in [0.1, 0.15) is 0 Å². The SMILES string of the molecule is COc1c(F)cccc1C(O)C(=O)O. The molecule has 0 aliphatic rings. The Morgan fingerprint density at radius 3 is 2.71 bits per heavy atom. The number of ether oxygens (including phenoxy) is 1. The molecule has 0 aliphatic carbocycles. The highest BCUT2D eigenvalue weighted by molar-refractivity contribution is 5.75. The number of carbonyl (C=O) groups is 1. The van der Waals surface area contributed by atoms with E-state index in [0.29, 0.717) is 0 Å². The summed E-state index contributed by atoms with van der Waals surface area (Å²) in [5.74, 6) is -2.40. The van der Waals surface area contributed by atoms with Crippen LogP contribution >= 0.6 is 0 Å². The van der Waals surface area contributed by atoms with Crippen molar-refractivity contribution in [3.05, 3.63) is 29.6 Å². The first kappa shape index (κ1) is 10.5. The molecule has 0 saturated carbocycles. The van der Waals surface area contributed by atoms with E-state index >= 15 is 0 Å². The molecule has 0 amide bonds. The second-order valence-corrected chi connectivity index (χ2v) is 2.60. The number of carboxylic acids is 1. The van der Waals surface area contributed by atoms with Gasteiger partial charge in [0.25, 0.3) is 0 Å². The first-order valence-corrected chi connectivity index (χ1v) is 3.81. The zero-order valence-corrected chi connectivity index (χ0v) is 7.40. The quantitative estimate of drug-likeness (QED) is 0.762. The van der Waals surface area contributed by atoms with E-state index < -0.39 is 17.9 Å². The van der Waals surface area contributed by atoms with Crippen LogP contribution in [0.25, 0.3) is 0 Å². The Morgan fingerprint density at radius 2 is 2.21 bits per heavy atom. The molecule has 5 heteroatoms. The number of aliphatic hydroxyl groups excluding tert-OH is 1. The fraction of sp³-hybridized carbons (Fsp3) is 0.222. The molecule has 0 fully saturated rings. The summed E-state index contributed by atoms with van der Waals surface area (Å²) >= 11 is 0. The third-order valence-electron chi connectivity index (χ3n) is 1.73. The lowest BCUT2D eigenvalue weighted by Gasteiger charge is -2.11. The number of aliphatic hydroxyl groups is 1. The number of benzene rings is 1. The molecule has 4 nitrogen and oxygen atoms in total. The van der Waals surface area contributed by atoms with Crippen molar-refractivity contribution in [2.24, 2.45) is 0 Å². The van der Waals surface area contributed by atoms with Crippen LogP contribution in [0.2, 0.25) is 0 Å². The maximum Gasteiger partial charge on any atom is 0.337 e. The third kappa shape index (κ3) is 1.82. The molecular weight excluding hydrogens is 191 g/mol. The number of aliphatic carboxylic acids is 1. The second-order valence-electron chi connectivity index (χ2n) is 2.60. The van der Waals surface area contributed by atoms with E-state index in [-0.39, 0.29) is 11.3 Å². The van der Waals surface area contributed by atoms with Gasteiger partial charge in [-0.3, -0.25) is 0 Å². The Bertz CT molecular complexity index is 351. The average molecular weight is 200 g/mol. The number of para-hydroxylation sites is 1. The van der Waals surface area contributed by atoms with Gasteiger partial charge in [-0.05, 0) is 6.07 Å². The van der Waals surface area contributed by atoms with E-state index in [1.165, 1.54) is 19.2 Å². The molecule has 2 N–H and O–H groups in total. The molecule has 0 spiro atoms. The number of carboxylic acid groups (broad SMARTS) is 1. The molecule has 0 bridgehead atoms. The minimum Gasteiger partial charge on any atom is -0.493 e. The number of halogens is 1. The second kappa shape index (κ2) is 4.06. The lowest BCUT2D eigenvalue weighted by atomic mass is 10.1. The number of methoxy groups -OCH3 is 1. The van der Waals surface area contributed by atoms with Crippen LogP contribution in [0.5, 0.6) is 5.75 Å². The van der Waals surface area contributed by atoms with Crippen LogP contribution in [0.1, 0.15) is 11.7 Å². The van der Waals surface area contributed by atoms with Gasteiger partial charge in [-0.2, -0.15) is 0 Å². The predicted molar refractivity (Wildman–Crippen MR) is 45.5 cm³/mol. The average Bonchev–Trinajstić information content (AvgIpc) is 2.16. The van der Waals surface area contributed by atoms with Crippen molar-refractivity contribution in [3.63, 3.8) is 0 Å². The number of hydrogen-bond acceptors (Lipinski definition) is 3. The van der Waals surface area contributed by atoms with E-state index in [4.69, 9.17) is 5.11 Å². The molecular formula is C9H9FO4. The number of rotatable bonds is 3. The molecule has 1 atom stereocenters.